The third-order valence-corrected chi connectivity index (χ3v) is 5.98. The van der Waals surface area contributed by atoms with E-state index in [0.717, 1.165) is 47.2 Å². The molecule has 0 radical (unpaired) electrons. The minimum absolute atomic E-state index is 0.0967. The SMILES string of the molecule is Cc1cccc(N2CCN(C(=O)c3c(Br)c4ccccc4n3C)CC2)c1. The van der Waals surface area contributed by atoms with Crippen molar-refractivity contribution in [1.82, 2.24) is 9.47 Å². The number of hydrogen-bond acceptors (Lipinski definition) is 2. The fourth-order valence-corrected chi connectivity index (χ4v) is 4.50. The Labute approximate surface area is 162 Å². The summed E-state index contributed by atoms with van der Waals surface area (Å²) < 4.78 is 2.89. The monoisotopic (exact) mass is 411 g/mol. The number of piperazine rings is 1. The average molecular weight is 412 g/mol. The van der Waals surface area contributed by atoms with Crippen LogP contribution in [-0.2, 0) is 7.05 Å². The zero-order chi connectivity index (χ0) is 18.3. The van der Waals surface area contributed by atoms with E-state index in [4.69, 9.17) is 0 Å². The van der Waals surface area contributed by atoms with Gasteiger partial charge in [0.2, 0.25) is 0 Å². The smallest absolute Gasteiger partial charge is 0.271 e. The number of benzene rings is 2. The highest BCUT2D eigenvalue weighted by molar-refractivity contribution is 9.10. The molecule has 0 atom stereocenters. The molecule has 1 amide bonds. The molecule has 1 aliphatic rings. The Bertz CT molecular complexity index is 932. The summed E-state index contributed by atoms with van der Waals surface area (Å²) in [4.78, 5) is 17.5. The molecule has 0 N–H and O–H groups in total. The molecule has 1 aromatic heterocycles. The Morgan fingerprint density at radius 1 is 1.00 bits per heavy atom. The van der Waals surface area contributed by atoms with Gasteiger partial charge in [-0.2, -0.15) is 0 Å². The van der Waals surface area contributed by atoms with Crippen LogP contribution in [0.5, 0.6) is 0 Å². The molecule has 26 heavy (non-hydrogen) atoms. The number of aryl methyl sites for hydroxylation is 2. The van der Waals surface area contributed by atoms with Crippen molar-refractivity contribution >= 4 is 38.4 Å². The highest BCUT2D eigenvalue weighted by Crippen LogP contribution is 2.31. The number of rotatable bonds is 2. The number of amides is 1. The number of para-hydroxylation sites is 1. The first-order valence-corrected chi connectivity index (χ1v) is 9.69. The van der Waals surface area contributed by atoms with Gasteiger partial charge >= 0.3 is 0 Å². The van der Waals surface area contributed by atoms with Gasteiger partial charge in [-0.3, -0.25) is 4.79 Å². The summed E-state index contributed by atoms with van der Waals surface area (Å²) >= 11 is 3.65. The van der Waals surface area contributed by atoms with Gasteiger partial charge in [-0.15, -0.1) is 0 Å². The lowest BCUT2D eigenvalue weighted by Crippen LogP contribution is -2.49. The van der Waals surface area contributed by atoms with Crippen molar-refractivity contribution in [2.45, 2.75) is 6.92 Å². The molecule has 4 nitrogen and oxygen atoms in total. The van der Waals surface area contributed by atoms with Crippen LogP contribution in [-0.4, -0.2) is 41.6 Å². The number of halogens is 1. The molecule has 134 valence electrons. The van der Waals surface area contributed by atoms with Crippen LogP contribution in [0.1, 0.15) is 16.1 Å². The summed E-state index contributed by atoms with van der Waals surface area (Å²) in [6.07, 6.45) is 0. The van der Waals surface area contributed by atoms with E-state index in [0.29, 0.717) is 0 Å². The largest absolute Gasteiger partial charge is 0.368 e. The van der Waals surface area contributed by atoms with Gasteiger partial charge in [-0.05, 0) is 46.6 Å². The molecule has 2 heterocycles. The molecule has 5 heteroatoms. The van der Waals surface area contributed by atoms with Gasteiger partial charge in [0.1, 0.15) is 5.69 Å². The first-order valence-electron chi connectivity index (χ1n) is 8.90. The second kappa shape index (κ2) is 6.80. The molecule has 4 rings (SSSR count). The van der Waals surface area contributed by atoms with Gasteiger partial charge in [0.15, 0.2) is 0 Å². The summed E-state index contributed by atoms with van der Waals surface area (Å²) in [5.74, 6) is 0.0967. The van der Waals surface area contributed by atoms with Crippen molar-refractivity contribution < 1.29 is 4.79 Å². The molecular weight excluding hydrogens is 390 g/mol. The second-order valence-electron chi connectivity index (χ2n) is 6.86. The number of carbonyl (C=O) groups is 1. The third kappa shape index (κ3) is 2.90. The van der Waals surface area contributed by atoms with Crippen LogP contribution in [0.3, 0.4) is 0 Å². The lowest BCUT2D eigenvalue weighted by Gasteiger charge is -2.36. The van der Waals surface area contributed by atoms with Crippen molar-refractivity contribution in [2.75, 3.05) is 31.1 Å². The lowest BCUT2D eigenvalue weighted by molar-refractivity contribution is 0.0736. The van der Waals surface area contributed by atoms with Crippen molar-refractivity contribution in [1.29, 1.82) is 0 Å². The van der Waals surface area contributed by atoms with Crippen LogP contribution in [0.15, 0.2) is 53.0 Å². The van der Waals surface area contributed by atoms with Crippen LogP contribution in [0.25, 0.3) is 10.9 Å². The van der Waals surface area contributed by atoms with Gasteiger partial charge in [-0.25, -0.2) is 0 Å². The number of hydrogen-bond donors (Lipinski definition) is 0. The minimum Gasteiger partial charge on any atom is -0.368 e. The topological polar surface area (TPSA) is 28.5 Å². The number of carbonyl (C=O) groups excluding carboxylic acids is 1. The van der Waals surface area contributed by atoms with E-state index in [9.17, 15) is 4.79 Å². The normalized spacial score (nSPS) is 14.9. The van der Waals surface area contributed by atoms with Crippen LogP contribution in [0, 0.1) is 6.92 Å². The van der Waals surface area contributed by atoms with E-state index >= 15 is 0 Å². The van der Waals surface area contributed by atoms with Gasteiger partial charge in [0.25, 0.3) is 5.91 Å². The predicted molar refractivity (Wildman–Crippen MR) is 110 cm³/mol. The molecule has 0 unspecified atom stereocenters. The summed E-state index contributed by atoms with van der Waals surface area (Å²) in [6, 6.07) is 16.7. The molecule has 1 saturated heterocycles. The highest BCUT2D eigenvalue weighted by Gasteiger charge is 2.27. The molecule has 0 saturated carbocycles. The second-order valence-corrected chi connectivity index (χ2v) is 7.65. The van der Waals surface area contributed by atoms with Gasteiger partial charge in [0.05, 0.1) is 4.47 Å². The third-order valence-electron chi connectivity index (χ3n) is 5.18. The quantitative estimate of drug-likeness (QED) is 0.631. The van der Waals surface area contributed by atoms with Gasteiger partial charge in [-0.1, -0.05) is 30.3 Å². The van der Waals surface area contributed by atoms with Crippen molar-refractivity contribution in [3.8, 4) is 0 Å². The molecule has 2 aromatic carbocycles. The van der Waals surface area contributed by atoms with E-state index in [2.05, 4.69) is 52.0 Å². The van der Waals surface area contributed by atoms with Crippen LogP contribution in [0.4, 0.5) is 5.69 Å². The van der Waals surface area contributed by atoms with Crippen molar-refractivity contribution in [2.24, 2.45) is 7.05 Å². The average Bonchev–Trinajstić information content (AvgIpc) is 2.92. The fraction of sp³-hybridized carbons (Fsp3) is 0.286. The predicted octanol–water partition coefficient (Wildman–Crippen LogP) is 4.21. The Hall–Kier alpha value is -2.27. The zero-order valence-corrected chi connectivity index (χ0v) is 16.7. The maximum absolute atomic E-state index is 13.2. The molecule has 3 aromatic rings. The number of anilines is 1. The first kappa shape index (κ1) is 17.2. The fourth-order valence-electron chi connectivity index (χ4n) is 3.73. The summed E-state index contributed by atoms with van der Waals surface area (Å²) in [5, 5.41) is 1.08. The number of fused-ring (bicyclic) bond motifs is 1. The van der Waals surface area contributed by atoms with Gasteiger partial charge in [0, 0.05) is 49.8 Å². The Morgan fingerprint density at radius 3 is 2.42 bits per heavy atom. The Kier molecular flexibility index (Phi) is 4.49. The molecule has 0 aliphatic carbocycles. The Balaban J connectivity index is 1.54. The van der Waals surface area contributed by atoms with E-state index in [1.54, 1.807) is 0 Å². The Morgan fingerprint density at radius 2 is 1.73 bits per heavy atom. The molecule has 1 aliphatic heterocycles. The molecule has 0 bridgehead atoms. The first-order chi connectivity index (χ1) is 12.6. The van der Waals surface area contributed by atoms with E-state index in [-0.39, 0.29) is 5.91 Å². The van der Waals surface area contributed by atoms with E-state index in [1.165, 1.54) is 11.3 Å². The minimum atomic E-state index is 0.0967. The standard InChI is InChI=1S/C21H22BrN3O/c1-15-6-5-7-16(14-15)24-10-12-25(13-11-24)21(26)20-19(22)17-8-3-4-9-18(17)23(20)2/h3-9,14H,10-13H2,1-2H3. The van der Waals surface area contributed by atoms with Gasteiger partial charge < -0.3 is 14.4 Å². The summed E-state index contributed by atoms with van der Waals surface area (Å²) in [5.41, 5.74) is 4.31. The molecular formula is C21H22BrN3O. The van der Waals surface area contributed by atoms with E-state index in [1.807, 2.05) is 40.8 Å². The summed E-state index contributed by atoms with van der Waals surface area (Å²) in [7, 11) is 1.96. The maximum Gasteiger partial charge on any atom is 0.271 e. The molecule has 0 spiro atoms. The zero-order valence-electron chi connectivity index (χ0n) is 15.1. The van der Waals surface area contributed by atoms with Crippen molar-refractivity contribution in [3.05, 3.63) is 64.3 Å². The lowest BCUT2D eigenvalue weighted by atomic mass is 10.2. The highest BCUT2D eigenvalue weighted by atomic mass is 79.9. The van der Waals surface area contributed by atoms with Crippen LogP contribution >= 0.6 is 15.9 Å². The maximum atomic E-state index is 13.2. The number of nitrogens with zero attached hydrogens (tertiary/aromatic N) is 3. The molecule has 1 fully saturated rings. The summed E-state index contributed by atoms with van der Waals surface area (Å²) in [6.45, 7) is 5.30. The van der Waals surface area contributed by atoms with Crippen LogP contribution < -0.4 is 4.90 Å². The van der Waals surface area contributed by atoms with Crippen molar-refractivity contribution in [3.63, 3.8) is 0 Å². The number of aromatic nitrogens is 1. The van der Waals surface area contributed by atoms with Crippen LogP contribution in [0.2, 0.25) is 0 Å². The van der Waals surface area contributed by atoms with E-state index < -0.39 is 0 Å².